The summed E-state index contributed by atoms with van der Waals surface area (Å²) in [4.78, 5) is 19.0. The Bertz CT molecular complexity index is 352. The molecule has 1 aromatic rings. The van der Waals surface area contributed by atoms with Crippen LogP contribution in [0.25, 0.3) is 0 Å². The Kier molecular flexibility index (Phi) is 5.95. The zero-order valence-corrected chi connectivity index (χ0v) is 12.3. The number of anilines is 1. The quantitative estimate of drug-likeness (QED) is 0.860. The van der Waals surface area contributed by atoms with E-state index in [0.717, 1.165) is 18.8 Å². The molecule has 19 heavy (non-hydrogen) atoms. The maximum absolute atomic E-state index is 8.61. The van der Waals surface area contributed by atoms with Crippen LogP contribution in [0, 0.1) is 0 Å². The molecule has 106 valence electrons. The molecule has 1 atom stereocenters. The summed E-state index contributed by atoms with van der Waals surface area (Å²) < 4.78 is 5.11. The number of rotatable bonds is 4. The van der Waals surface area contributed by atoms with Crippen molar-refractivity contribution >= 4 is 15.0 Å². The summed E-state index contributed by atoms with van der Waals surface area (Å²) >= 11 is 0. The summed E-state index contributed by atoms with van der Waals surface area (Å²) in [5.41, 5.74) is 0. The lowest BCUT2D eigenvalue weighted by Gasteiger charge is -2.40. The molecule has 3 rings (SSSR count). The molecule has 0 bridgehead atoms. The van der Waals surface area contributed by atoms with Gasteiger partial charge < -0.3 is 14.3 Å². The lowest BCUT2D eigenvalue weighted by molar-refractivity contribution is 0.106. The predicted octanol–water partition coefficient (Wildman–Crippen LogP) is 2.52. The normalized spacial score (nSPS) is 25.2. The molecule has 0 amide bonds. The number of hydrogen-bond donors (Lipinski definition) is 1. The third kappa shape index (κ3) is 4.37. The highest BCUT2D eigenvalue weighted by molar-refractivity contribution is 7.25. The van der Waals surface area contributed by atoms with Crippen LogP contribution in [0.4, 0.5) is 5.95 Å². The molecule has 1 heterocycles. The zero-order chi connectivity index (χ0) is 13.5. The number of hydrogen-bond acceptors (Lipinski definition) is 5. The molecule has 2 aliphatic rings. The molecule has 2 saturated carbocycles. The average molecular weight is 283 g/mol. The molecule has 1 aromatic heterocycles. The van der Waals surface area contributed by atoms with Gasteiger partial charge in [0.2, 0.25) is 5.95 Å². The molecule has 2 fully saturated rings. The molecule has 0 spiro atoms. The minimum absolute atomic E-state index is 0.199. The highest BCUT2D eigenvalue weighted by Crippen LogP contribution is 2.32. The Labute approximate surface area is 116 Å². The molecule has 0 aromatic carbocycles. The van der Waals surface area contributed by atoms with Crippen LogP contribution in [0.3, 0.4) is 0 Å². The van der Waals surface area contributed by atoms with Crippen molar-refractivity contribution < 1.29 is 9.42 Å². The maximum atomic E-state index is 8.61. The Morgan fingerprint density at radius 2 is 1.79 bits per heavy atom. The minimum Gasteiger partial charge on any atom is -0.352 e. The van der Waals surface area contributed by atoms with Gasteiger partial charge in [0.25, 0.3) is 0 Å². The molecule has 6 heteroatoms. The molecular weight excluding hydrogens is 261 g/mol. The van der Waals surface area contributed by atoms with Crippen LogP contribution in [-0.4, -0.2) is 34.1 Å². The lowest BCUT2D eigenvalue weighted by Crippen LogP contribution is -2.46. The van der Waals surface area contributed by atoms with Gasteiger partial charge in [-0.05, 0) is 18.9 Å². The lowest BCUT2D eigenvalue weighted by atomic mass is 9.88. The van der Waals surface area contributed by atoms with Crippen LogP contribution >= 0.6 is 9.03 Å². The van der Waals surface area contributed by atoms with Crippen LogP contribution in [0.5, 0.6) is 0 Å². The highest BCUT2D eigenvalue weighted by atomic mass is 31.1. The first-order valence-electron chi connectivity index (χ1n) is 6.86. The van der Waals surface area contributed by atoms with Gasteiger partial charge in [0.05, 0.1) is 6.10 Å². The SMILES string of the molecule is C1CCC1.CN(c1ncccn1)C1CC(OPO)C1. The van der Waals surface area contributed by atoms with Gasteiger partial charge >= 0.3 is 0 Å². The second-order valence-electron chi connectivity index (χ2n) is 5.03. The number of nitrogens with zero attached hydrogens (tertiary/aromatic N) is 3. The van der Waals surface area contributed by atoms with Crippen LogP contribution in [0.2, 0.25) is 0 Å². The molecule has 1 unspecified atom stereocenters. The fourth-order valence-electron chi connectivity index (χ4n) is 1.91. The number of aromatic nitrogens is 2. The Balaban J connectivity index is 0.000000284. The summed E-state index contributed by atoms with van der Waals surface area (Å²) in [7, 11) is 1.58. The van der Waals surface area contributed by atoms with Gasteiger partial charge in [0.1, 0.15) is 0 Å². The second-order valence-corrected chi connectivity index (χ2v) is 5.45. The molecule has 5 nitrogen and oxygen atoms in total. The van der Waals surface area contributed by atoms with E-state index in [9.17, 15) is 0 Å². The van der Waals surface area contributed by atoms with Crippen molar-refractivity contribution in [2.24, 2.45) is 0 Å². The van der Waals surface area contributed by atoms with E-state index in [2.05, 4.69) is 14.9 Å². The van der Waals surface area contributed by atoms with E-state index in [1.165, 1.54) is 25.7 Å². The van der Waals surface area contributed by atoms with Crippen molar-refractivity contribution in [3.8, 4) is 0 Å². The van der Waals surface area contributed by atoms with Crippen LogP contribution in [0.15, 0.2) is 18.5 Å². The van der Waals surface area contributed by atoms with E-state index >= 15 is 0 Å². The van der Waals surface area contributed by atoms with Crippen molar-refractivity contribution in [3.05, 3.63) is 18.5 Å². The van der Waals surface area contributed by atoms with Gasteiger partial charge in [0.15, 0.2) is 9.03 Å². The minimum atomic E-state index is -0.404. The Morgan fingerprint density at radius 3 is 2.26 bits per heavy atom. The molecule has 1 N–H and O–H groups in total. The van der Waals surface area contributed by atoms with E-state index in [-0.39, 0.29) is 6.10 Å². The summed E-state index contributed by atoms with van der Waals surface area (Å²) in [6.45, 7) is 0. The summed E-state index contributed by atoms with van der Waals surface area (Å²) in [5, 5.41) is 0. The zero-order valence-electron chi connectivity index (χ0n) is 11.3. The third-order valence-corrected chi connectivity index (χ3v) is 4.14. The summed E-state index contributed by atoms with van der Waals surface area (Å²) in [6.07, 6.45) is 11.5. The molecule has 0 radical (unpaired) electrons. The molecule has 0 aliphatic heterocycles. The largest absolute Gasteiger partial charge is 0.352 e. The van der Waals surface area contributed by atoms with Crippen LogP contribution in [-0.2, 0) is 4.52 Å². The molecular formula is C13H22N3O2P. The van der Waals surface area contributed by atoms with Crippen molar-refractivity contribution in [1.29, 1.82) is 0 Å². The fraction of sp³-hybridized carbons (Fsp3) is 0.692. The average Bonchev–Trinajstić information content (AvgIpc) is 2.31. The third-order valence-electron chi connectivity index (χ3n) is 3.70. The summed E-state index contributed by atoms with van der Waals surface area (Å²) in [5.74, 6) is 0.743. The van der Waals surface area contributed by atoms with Gasteiger partial charge in [-0.1, -0.05) is 25.7 Å². The molecule has 2 aliphatic carbocycles. The van der Waals surface area contributed by atoms with Crippen molar-refractivity contribution in [2.75, 3.05) is 11.9 Å². The van der Waals surface area contributed by atoms with Gasteiger partial charge in [-0.25, -0.2) is 9.97 Å². The first kappa shape index (κ1) is 14.6. The monoisotopic (exact) mass is 283 g/mol. The van der Waals surface area contributed by atoms with Gasteiger partial charge in [0, 0.05) is 25.5 Å². The van der Waals surface area contributed by atoms with E-state index in [1.807, 2.05) is 7.05 Å². The van der Waals surface area contributed by atoms with Crippen molar-refractivity contribution in [1.82, 2.24) is 9.97 Å². The fourth-order valence-corrected chi connectivity index (χ4v) is 2.25. The Hall–Kier alpha value is -0.770. The van der Waals surface area contributed by atoms with Crippen molar-refractivity contribution in [3.63, 3.8) is 0 Å². The molecule has 0 saturated heterocycles. The second kappa shape index (κ2) is 7.73. The van der Waals surface area contributed by atoms with Gasteiger partial charge in [-0.15, -0.1) is 0 Å². The smallest absolute Gasteiger partial charge is 0.225 e. The Morgan fingerprint density at radius 1 is 1.21 bits per heavy atom. The van der Waals surface area contributed by atoms with Crippen LogP contribution < -0.4 is 4.90 Å². The summed E-state index contributed by atoms with van der Waals surface area (Å²) in [6, 6.07) is 2.23. The van der Waals surface area contributed by atoms with E-state index in [4.69, 9.17) is 9.42 Å². The van der Waals surface area contributed by atoms with Gasteiger partial charge in [-0.2, -0.15) is 0 Å². The van der Waals surface area contributed by atoms with E-state index in [0.29, 0.717) is 6.04 Å². The van der Waals surface area contributed by atoms with Crippen LogP contribution in [0.1, 0.15) is 38.5 Å². The topological polar surface area (TPSA) is 58.5 Å². The van der Waals surface area contributed by atoms with Gasteiger partial charge in [-0.3, -0.25) is 0 Å². The van der Waals surface area contributed by atoms with E-state index < -0.39 is 9.03 Å². The first-order chi connectivity index (χ1) is 9.31. The highest BCUT2D eigenvalue weighted by Gasteiger charge is 2.33. The first-order valence-corrected chi connectivity index (χ1v) is 7.71. The van der Waals surface area contributed by atoms with Crippen molar-refractivity contribution in [2.45, 2.75) is 50.7 Å². The predicted molar refractivity (Wildman–Crippen MR) is 77.3 cm³/mol. The maximum Gasteiger partial charge on any atom is 0.225 e. The van der Waals surface area contributed by atoms with E-state index in [1.54, 1.807) is 18.5 Å². The standard InChI is InChI=1S/C9H14N3O2P.C4H8/c1-12(9-10-3-2-4-11-9)7-5-8(6-7)14-15-13;1-2-4-3-1/h2-4,7-8,13,15H,5-6H2,1H3;1-4H2.